The van der Waals surface area contributed by atoms with E-state index < -0.39 is 12.1 Å². The van der Waals surface area contributed by atoms with Gasteiger partial charge in [0.2, 0.25) is 0 Å². The van der Waals surface area contributed by atoms with Crippen molar-refractivity contribution in [2.45, 2.75) is 53.9 Å². The normalized spacial score (nSPS) is 11.9. The first-order valence-corrected chi connectivity index (χ1v) is 7.22. The van der Waals surface area contributed by atoms with E-state index in [0.29, 0.717) is 18.9 Å². The van der Waals surface area contributed by atoms with Crippen LogP contribution in [0.4, 0.5) is 4.79 Å². The van der Waals surface area contributed by atoms with E-state index in [1.54, 1.807) is 6.92 Å². The maximum Gasteiger partial charge on any atom is 0.411 e. The number of rotatable bonds is 8. The van der Waals surface area contributed by atoms with E-state index in [4.69, 9.17) is 9.47 Å². The molecule has 0 spiro atoms. The van der Waals surface area contributed by atoms with Gasteiger partial charge in [-0.05, 0) is 38.2 Å². The molecule has 0 aromatic heterocycles. The molecule has 5 heteroatoms. The summed E-state index contributed by atoms with van der Waals surface area (Å²) in [5.74, 6) is -0.129. The zero-order valence-corrected chi connectivity index (χ0v) is 13.2. The second-order valence-electron chi connectivity index (χ2n) is 5.09. The Bertz CT molecular complexity index is 348. The van der Waals surface area contributed by atoms with Crippen LogP contribution in [0.2, 0.25) is 0 Å². The lowest BCUT2D eigenvalue weighted by Gasteiger charge is -2.14. The summed E-state index contributed by atoms with van der Waals surface area (Å²) in [4.78, 5) is 23.5. The molecule has 0 atom stereocenters. The number of unbranched alkanes of at least 4 members (excludes halogenated alkanes) is 1. The van der Waals surface area contributed by atoms with Gasteiger partial charge in [-0.1, -0.05) is 27.2 Å². The molecule has 20 heavy (non-hydrogen) atoms. The van der Waals surface area contributed by atoms with E-state index in [-0.39, 0.29) is 12.3 Å². The fraction of sp³-hybridized carbons (Fsp3) is 0.733. The Labute approximate surface area is 121 Å². The largest absolute Gasteiger partial charge is 0.461 e. The molecule has 1 N–H and O–H groups in total. The third kappa shape index (κ3) is 7.81. The fourth-order valence-electron chi connectivity index (χ4n) is 1.70. The Hall–Kier alpha value is -1.52. The van der Waals surface area contributed by atoms with Gasteiger partial charge in [-0.15, -0.1) is 0 Å². The Morgan fingerprint density at radius 3 is 2.30 bits per heavy atom. The van der Waals surface area contributed by atoms with Gasteiger partial charge in [0, 0.05) is 0 Å². The van der Waals surface area contributed by atoms with Crippen molar-refractivity contribution in [3.63, 3.8) is 0 Å². The summed E-state index contributed by atoms with van der Waals surface area (Å²) in [5, 5.41) is 2.51. The Kier molecular flexibility index (Phi) is 9.51. The zero-order chi connectivity index (χ0) is 15.5. The van der Waals surface area contributed by atoms with Crippen LogP contribution in [-0.2, 0) is 14.3 Å². The molecule has 0 aliphatic rings. The van der Waals surface area contributed by atoms with Crippen LogP contribution in [0.3, 0.4) is 0 Å². The van der Waals surface area contributed by atoms with Gasteiger partial charge in [-0.2, -0.15) is 0 Å². The molecule has 0 unspecified atom stereocenters. The molecule has 0 aromatic carbocycles. The quantitative estimate of drug-likeness (QED) is 0.422. The minimum Gasteiger partial charge on any atom is -0.461 e. The summed E-state index contributed by atoms with van der Waals surface area (Å²) >= 11 is 0. The highest BCUT2D eigenvalue weighted by Crippen LogP contribution is 2.14. The molecule has 5 nitrogen and oxygen atoms in total. The lowest BCUT2D eigenvalue weighted by Crippen LogP contribution is -2.30. The molecule has 0 heterocycles. The molecular formula is C15H27NO4. The van der Waals surface area contributed by atoms with Gasteiger partial charge < -0.3 is 9.47 Å². The van der Waals surface area contributed by atoms with Crippen molar-refractivity contribution in [2.24, 2.45) is 5.92 Å². The average molecular weight is 285 g/mol. The topological polar surface area (TPSA) is 64.6 Å². The number of hydrogen-bond donors (Lipinski definition) is 1. The van der Waals surface area contributed by atoms with Crippen molar-refractivity contribution >= 4 is 12.1 Å². The second kappa shape index (κ2) is 10.3. The van der Waals surface area contributed by atoms with Gasteiger partial charge >= 0.3 is 12.1 Å². The van der Waals surface area contributed by atoms with Crippen molar-refractivity contribution in [3.8, 4) is 0 Å². The number of hydrogen-bond acceptors (Lipinski definition) is 4. The molecule has 0 radical (unpaired) electrons. The second-order valence-corrected chi connectivity index (χ2v) is 5.09. The maximum atomic E-state index is 11.9. The lowest BCUT2D eigenvalue weighted by atomic mass is 10.0. The Morgan fingerprint density at radius 1 is 1.15 bits per heavy atom. The van der Waals surface area contributed by atoms with Gasteiger partial charge in [0.1, 0.15) is 5.70 Å². The average Bonchev–Trinajstić information content (AvgIpc) is 2.35. The van der Waals surface area contributed by atoms with Crippen LogP contribution >= 0.6 is 0 Å². The number of esters is 1. The fourth-order valence-corrected chi connectivity index (χ4v) is 1.70. The molecule has 0 bridgehead atoms. The summed E-state index contributed by atoms with van der Waals surface area (Å²) in [7, 11) is 0. The number of amides is 1. The van der Waals surface area contributed by atoms with Crippen LogP contribution < -0.4 is 5.32 Å². The first-order valence-electron chi connectivity index (χ1n) is 7.22. The van der Waals surface area contributed by atoms with E-state index in [2.05, 4.69) is 5.32 Å². The highest BCUT2D eigenvalue weighted by molar-refractivity contribution is 5.92. The summed E-state index contributed by atoms with van der Waals surface area (Å²) < 4.78 is 9.97. The van der Waals surface area contributed by atoms with E-state index in [1.165, 1.54) is 0 Å². The first kappa shape index (κ1) is 18.5. The summed E-state index contributed by atoms with van der Waals surface area (Å²) in [5.41, 5.74) is 0.993. The van der Waals surface area contributed by atoms with E-state index >= 15 is 0 Å². The van der Waals surface area contributed by atoms with Gasteiger partial charge in [-0.3, -0.25) is 5.32 Å². The Morgan fingerprint density at radius 2 is 1.80 bits per heavy atom. The molecule has 116 valence electrons. The highest BCUT2D eigenvalue weighted by atomic mass is 16.6. The predicted octanol–water partition coefficient (Wildman–Crippen LogP) is 3.40. The summed E-state index contributed by atoms with van der Waals surface area (Å²) in [6, 6.07) is 0. The summed E-state index contributed by atoms with van der Waals surface area (Å²) in [6.07, 6.45) is 1.85. The number of carbonyl (C=O) groups excluding carboxylic acids is 2. The third-order valence-electron chi connectivity index (χ3n) is 2.58. The number of nitrogens with one attached hydrogen (secondary N) is 1. The molecule has 0 aliphatic carbocycles. The lowest BCUT2D eigenvalue weighted by molar-refractivity contribution is -0.139. The number of allylic oxidation sites excluding steroid dienone is 1. The molecule has 0 saturated heterocycles. The summed E-state index contributed by atoms with van der Waals surface area (Å²) in [6.45, 7) is 10.3. The molecule has 1 amide bonds. The highest BCUT2D eigenvalue weighted by Gasteiger charge is 2.18. The number of alkyl carbamates (subject to hydrolysis) is 1. The van der Waals surface area contributed by atoms with Crippen molar-refractivity contribution in [1.29, 1.82) is 0 Å². The minimum absolute atomic E-state index is 0.196. The smallest absolute Gasteiger partial charge is 0.411 e. The Balaban J connectivity index is 4.77. The number of carbonyl (C=O) groups is 2. The van der Waals surface area contributed by atoms with Crippen LogP contribution in [0, 0.1) is 5.92 Å². The zero-order valence-electron chi connectivity index (χ0n) is 13.2. The van der Waals surface area contributed by atoms with E-state index in [0.717, 1.165) is 18.4 Å². The third-order valence-corrected chi connectivity index (χ3v) is 2.58. The minimum atomic E-state index is -0.607. The molecule has 0 aliphatic heterocycles. The first-order chi connectivity index (χ1) is 9.42. The van der Waals surface area contributed by atoms with Crippen LogP contribution in [-0.4, -0.2) is 25.3 Å². The molecule has 0 aromatic rings. The van der Waals surface area contributed by atoms with E-state index in [1.807, 2.05) is 27.7 Å². The van der Waals surface area contributed by atoms with Crippen molar-refractivity contribution < 1.29 is 19.1 Å². The molecular weight excluding hydrogens is 258 g/mol. The number of ether oxygens (including phenoxy) is 2. The monoisotopic (exact) mass is 285 g/mol. The molecule has 0 rings (SSSR count). The molecule has 0 saturated carbocycles. The van der Waals surface area contributed by atoms with Gasteiger partial charge in [0.25, 0.3) is 0 Å². The van der Waals surface area contributed by atoms with Gasteiger partial charge in [0.05, 0.1) is 13.2 Å². The van der Waals surface area contributed by atoms with Crippen LogP contribution in [0.25, 0.3) is 0 Å². The maximum absolute atomic E-state index is 11.9. The predicted molar refractivity (Wildman–Crippen MR) is 78.2 cm³/mol. The van der Waals surface area contributed by atoms with Crippen molar-refractivity contribution in [2.75, 3.05) is 13.2 Å². The van der Waals surface area contributed by atoms with E-state index in [9.17, 15) is 9.59 Å². The standard InChI is InChI=1S/C15H27NO4/c1-6-8-9-20-15(18)16-13(14(17)19-7-2)12(5)10-11(3)4/h11H,6-10H2,1-5H3,(H,16,18)/b13-12-. The van der Waals surface area contributed by atoms with Crippen molar-refractivity contribution in [3.05, 3.63) is 11.3 Å². The van der Waals surface area contributed by atoms with Crippen molar-refractivity contribution in [1.82, 2.24) is 5.32 Å². The molecule has 0 fully saturated rings. The van der Waals surface area contributed by atoms with Crippen LogP contribution in [0.1, 0.15) is 53.9 Å². The van der Waals surface area contributed by atoms with Gasteiger partial charge in [-0.25, -0.2) is 9.59 Å². The van der Waals surface area contributed by atoms with Crippen LogP contribution in [0.15, 0.2) is 11.3 Å². The SMILES string of the molecule is CCCCOC(=O)N/C(C(=O)OCC)=C(/C)CC(C)C. The van der Waals surface area contributed by atoms with Crippen LogP contribution in [0.5, 0.6) is 0 Å². The van der Waals surface area contributed by atoms with Gasteiger partial charge in [0.15, 0.2) is 0 Å².